The number of pyridine rings is 1. The van der Waals surface area contributed by atoms with Crippen LogP contribution in [0.5, 0.6) is 11.5 Å². The van der Waals surface area contributed by atoms with E-state index >= 15 is 0 Å². The molecule has 0 aliphatic rings. The van der Waals surface area contributed by atoms with Gasteiger partial charge in [0.05, 0.1) is 31.6 Å². The summed E-state index contributed by atoms with van der Waals surface area (Å²) in [7, 11) is -1.95. The van der Waals surface area contributed by atoms with Crippen molar-refractivity contribution in [3.8, 4) is 22.8 Å². The number of rotatable bonds is 8. The lowest BCUT2D eigenvalue weighted by atomic mass is 10.0. The lowest BCUT2D eigenvalue weighted by Crippen LogP contribution is -2.40. The molecule has 4 nitrogen and oxygen atoms in total. The van der Waals surface area contributed by atoms with Gasteiger partial charge in [0.2, 0.25) is 0 Å². The maximum atomic E-state index is 14.5. The van der Waals surface area contributed by atoms with Crippen molar-refractivity contribution in [3.63, 3.8) is 0 Å². The Morgan fingerprint density at radius 3 is 1.97 bits per heavy atom. The van der Waals surface area contributed by atoms with Crippen molar-refractivity contribution in [3.05, 3.63) is 41.6 Å². The third kappa shape index (κ3) is 5.54. The van der Waals surface area contributed by atoms with Gasteiger partial charge in [-0.25, -0.2) is 13.8 Å². The molecular weight excluding hydrogens is 392 g/mol. The topological polar surface area (TPSA) is 40.6 Å². The molecule has 0 fully saturated rings. The summed E-state index contributed by atoms with van der Waals surface area (Å²) >= 11 is 0. The van der Waals surface area contributed by atoms with Crippen LogP contribution in [0.2, 0.25) is 18.1 Å². The Morgan fingerprint density at radius 2 is 1.52 bits per heavy atom. The summed E-state index contributed by atoms with van der Waals surface area (Å²) in [5, 5.41) is 0.0829. The molecule has 1 aromatic carbocycles. The van der Waals surface area contributed by atoms with Gasteiger partial charge in [0.25, 0.3) is 0 Å². The maximum Gasteiger partial charge on any atom is 0.192 e. The first kappa shape index (κ1) is 23.3. The third-order valence-electron chi connectivity index (χ3n) is 5.18. The summed E-state index contributed by atoms with van der Waals surface area (Å²) in [6.07, 6.45) is 0.984. The predicted octanol–water partition coefficient (Wildman–Crippen LogP) is 6.35. The van der Waals surface area contributed by atoms with Gasteiger partial charge in [-0.3, -0.25) is 0 Å². The quantitative estimate of drug-likeness (QED) is 0.464. The fraction of sp³-hybridized carbons (Fsp3) is 0.500. The van der Waals surface area contributed by atoms with E-state index in [0.29, 0.717) is 36.9 Å². The van der Waals surface area contributed by atoms with Crippen LogP contribution in [0.15, 0.2) is 24.4 Å². The number of halogens is 2. The van der Waals surface area contributed by atoms with Gasteiger partial charge in [0.15, 0.2) is 14.1 Å². The van der Waals surface area contributed by atoms with Crippen LogP contribution in [0.1, 0.15) is 40.2 Å². The Morgan fingerprint density at radius 1 is 0.966 bits per heavy atom. The fourth-order valence-electron chi connectivity index (χ4n) is 2.58. The van der Waals surface area contributed by atoms with Crippen LogP contribution < -0.4 is 9.47 Å². The van der Waals surface area contributed by atoms with Crippen molar-refractivity contribution in [2.75, 3.05) is 13.2 Å². The maximum absolute atomic E-state index is 14.5. The van der Waals surface area contributed by atoms with Crippen LogP contribution in [0.25, 0.3) is 11.3 Å². The van der Waals surface area contributed by atoms with Crippen LogP contribution in [0.4, 0.5) is 8.78 Å². The van der Waals surface area contributed by atoms with Crippen LogP contribution >= 0.6 is 0 Å². The highest BCUT2D eigenvalue weighted by molar-refractivity contribution is 6.74. The second-order valence-corrected chi connectivity index (χ2v) is 13.2. The molecule has 160 valence electrons. The molecule has 0 aliphatic carbocycles. The van der Waals surface area contributed by atoms with Gasteiger partial charge in [-0.05, 0) is 49.7 Å². The molecule has 29 heavy (non-hydrogen) atoms. The van der Waals surface area contributed by atoms with E-state index in [0.717, 1.165) is 17.8 Å². The summed E-state index contributed by atoms with van der Waals surface area (Å²) in [4.78, 5) is 3.95. The van der Waals surface area contributed by atoms with Gasteiger partial charge < -0.3 is 13.9 Å². The number of nitrogens with zero attached hydrogens (tertiary/aromatic N) is 1. The van der Waals surface area contributed by atoms with E-state index in [2.05, 4.69) is 38.8 Å². The van der Waals surface area contributed by atoms with Crippen molar-refractivity contribution in [2.45, 2.75) is 59.4 Å². The molecule has 7 heteroatoms. The van der Waals surface area contributed by atoms with E-state index in [1.807, 2.05) is 26.0 Å². The van der Waals surface area contributed by atoms with E-state index in [1.165, 1.54) is 0 Å². The van der Waals surface area contributed by atoms with E-state index in [9.17, 15) is 8.78 Å². The van der Waals surface area contributed by atoms with E-state index < -0.39 is 20.0 Å². The summed E-state index contributed by atoms with van der Waals surface area (Å²) in [6, 6.07) is 4.44. The second kappa shape index (κ2) is 9.22. The Hall–Kier alpha value is -1.99. The van der Waals surface area contributed by atoms with Crippen LogP contribution in [0, 0.1) is 11.6 Å². The van der Waals surface area contributed by atoms with Gasteiger partial charge in [-0.1, -0.05) is 20.8 Å². The molecule has 0 spiro atoms. The van der Waals surface area contributed by atoms with Crippen LogP contribution in [-0.4, -0.2) is 26.5 Å². The highest BCUT2D eigenvalue weighted by Crippen LogP contribution is 2.41. The molecule has 0 saturated carbocycles. The minimum absolute atomic E-state index is 0.00448. The first-order chi connectivity index (χ1) is 13.5. The van der Waals surface area contributed by atoms with Crippen molar-refractivity contribution >= 4 is 8.32 Å². The zero-order valence-electron chi connectivity index (χ0n) is 18.4. The highest BCUT2D eigenvalue weighted by atomic mass is 28.4. The Kier molecular flexibility index (Phi) is 7.40. The fourth-order valence-corrected chi connectivity index (χ4v) is 3.54. The molecule has 0 amide bonds. The van der Waals surface area contributed by atoms with Crippen molar-refractivity contribution in [1.82, 2.24) is 4.98 Å². The smallest absolute Gasteiger partial charge is 0.192 e. The molecule has 0 saturated heterocycles. The molecule has 1 aromatic heterocycles. The van der Waals surface area contributed by atoms with Gasteiger partial charge in [0, 0.05) is 6.07 Å². The lowest BCUT2D eigenvalue weighted by molar-refractivity contribution is 0.273. The number of hydrogen-bond donors (Lipinski definition) is 0. The summed E-state index contributed by atoms with van der Waals surface area (Å²) < 4.78 is 45.7. The molecule has 0 N–H and O–H groups in total. The average Bonchev–Trinajstić information content (AvgIpc) is 2.61. The lowest BCUT2D eigenvalue weighted by Gasteiger charge is -2.36. The number of ether oxygens (including phenoxy) is 2. The molecule has 0 bridgehead atoms. The third-order valence-corrected chi connectivity index (χ3v) is 9.65. The number of benzene rings is 1. The zero-order chi connectivity index (χ0) is 21.8. The largest absolute Gasteiger partial charge is 0.493 e. The van der Waals surface area contributed by atoms with Crippen molar-refractivity contribution in [1.29, 1.82) is 0 Å². The Bertz CT molecular complexity index is 823. The van der Waals surface area contributed by atoms with Crippen molar-refractivity contribution in [2.24, 2.45) is 0 Å². The highest BCUT2D eigenvalue weighted by Gasteiger charge is 2.37. The molecule has 0 radical (unpaired) electrons. The van der Waals surface area contributed by atoms with E-state index in [1.54, 1.807) is 0 Å². The monoisotopic (exact) mass is 423 g/mol. The van der Waals surface area contributed by atoms with Gasteiger partial charge in [-0.2, -0.15) is 0 Å². The summed E-state index contributed by atoms with van der Waals surface area (Å²) in [5.74, 6) is -0.630. The Balaban J connectivity index is 2.52. The summed E-state index contributed by atoms with van der Waals surface area (Å²) in [6.45, 7) is 15.8. The molecule has 2 rings (SSSR count). The zero-order valence-corrected chi connectivity index (χ0v) is 19.4. The summed E-state index contributed by atoms with van der Waals surface area (Å²) in [5.41, 5.74) is 1.24. The minimum atomic E-state index is -1.95. The van der Waals surface area contributed by atoms with Gasteiger partial charge in [-0.15, -0.1) is 0 Å². The molecule has 2 aromatic rings. The van der Waals surface area contributed by atoms with E-state index in [-0.39, 0.29) is 10.7 Å². The average molecular weight is 424 g/mol. The minimum Gasteiger partial charge on any atom is -0.493 e. The first-order valence-electron chi connectivity index (χ1n) is 9.88. The molecule has 0 unspecified atom stereocenters. The Labute approximate surface area is 173 Å². The van der Waals surface area contributed by atoms with Gasteiger partial charge in [0.1, 0.15) is 23.0 Å². The molecule has 0 atom stereocenters. The van der Waals surface area contributed by atoms with Crippen LogP contribution in [0.3, 0.4) is 0 Å². The molecule has 0 aliphatic heterocycles. The normalized spacial score (nSPS) is 12.2. The predicted molar refractivity (Wildman–Crippen MR) is 114 cm³/mol. The molecule has 1 heterocycles. The van der Waals surface area contributed by atoms with Crippen molar-refractivity contribution < 1.29 is 22.7 Å². The number of hydrogen-bond acceptors (Lipinski definition) is 4. The van der Waals surface area contributed by atoms with Crippen LogP contribution in [-0.2, 0) is 11.0 Å². The second-order valence-electron chi connectivity index (χ2n) is 8.37. The standard InChI is InChI=1S/C22H31F2NO3Si/c1-8-26-18-10-15(14-28-29(6,7)22(3,4)5)11-19(27-9-2)20(18)21-17(24)12-16(23)13-25-21/h10-13H,8-9,14H2,1-7H3. The van der Waals surface area contributed by atoms with E-state index in [4.69, 9.17) is 13.9 Å². The first-order valence-corrected chi connectivity index (χ1v) is 12.8. The molecular formula is C22H31F2NO3Si. The number of aromatic nitrogens is 1. The van der Waals surface area contributed by atoms with Gasteiger partial charge >= 0.3 is 0 Å². The SMILES string of the molecule is CCOc1cc(CO[Si](C)(C)C(C)(C)C)cc(OCC)c1-c1ncc(F)cc1F.